The molecule has 0 aliphatic carbocycles. The third kappa shape index (κ3) is 4.41. The first-order chi connectivity index (χ1) is 18.5. The SMILES string of the molecule is [2H]c1cc(C([2H])([2H])Oc2cccc3c2CN(C2CCC(=C)NC2=O)C3=O)c([2H])c([2H])c1CN1CCOCC1=O. The van der Waals surface area contributed by atoms with Crippen molar-refractivity contribution in [2.75, 3.05) is 19.8 Å². The maximum atomic E-state index is 13.1. The summed E-state index contributed by atoms with van der Waals surface area (Å²) < 4.78 is 53.4. The number of carbonyl (C=O) groups excluding carboxylic acids is 3. The molecule has 176 valence electrons. The van der Waals surface area contributed by atoms with Crippen LogP contribution < -0.4 is 10.1 Å². The zero-order valence-electron chi connectivity index (χ0n) is 23.5. The third-order valence-electron chi connectivity index (χ3n) is 6.09. The van der Waals surface area contributed by atoms with E-state index in [1.54, 1.807) is 12.1 Å². The van der Waals surface area contributed by atoms with Gasteiger partial charge in [-0.2, -0.15) is 0 Å². The Bertz CT molecular complexity index is 1400. The van der Waals surface area contributed by atoms with E-state index >= 15 is 0 Å². The first-order valence-electron chi connectivity index (χ1n) is 13.5. The van der Waals surface area contributed by atoms with Crippen LogP contribution in [0, 0.1) is 0 Å². The molecular formula is C26H27N3O5. The molecule has 5 rings (SSSR count). The maximum Gasteiger partial charge on any atom is 0.255 e. The first kappa shape index (κ1) is 16.9. The maximum absolute atomic E-state index is 13.1. The van der Waals surface area contributed by atoms with E-state index < -0.39 is 18.6 Å². The number of benzene rings is 2. The van der Waals surface area contributed by atoms with E-state index in [1.807, 2.05) is 0 Å². The van der Waals surface area contributed by atoms with Gasteiger partial charge in [0.1, 0.15) is 25.0 Å². The van der Waals surface area contributed by atoms with E-state index in [2.05, 4.69) is 11.9 Å². The number of fused-ring (bicyclic) bond motifs is 1. The molecule has 0 spiro atoms. The number of nitrogens with one attached hydrogen (secondary N) is 1. The molecule has 2 aromatic rings. The molecule has 3 aliphatic rings. The Morgan fingerprint density at radius 2 is 2.06 bits per heavy atom. The summed E-state index contributed by atoms with van der Waals surface area (Å²) in [6.45, 7) is 1.66. The van der Waals surface area contributed by atoms with E-state index in [4.69, 9.17) is 16.3 Å². The average Bonchev–Trinajstić information content (AvgIpc) is 3.22. The van der Waals surface area contributed by atoms with Crippen LogP contribution in [-0.2, 0) is 34.0 Å². The largest absolute Gasteiger partial charge is 0.489 e. The van der Waals surface area contributed by atoms with Crippen LogP contribution in [0.3, 0.4) is 0 Å². The minimum absolute atomic E-state index is 0.0403. The Labute approximate surface area is 205 Å². The lowest BCUT2D eigenvalue weighted by molar-refractivity contribution is -0.143. The van der Waals surface area contributed by atoms with Crippen molar-refractivity contribution < 1.29 is 30.7 Å². The summed E-state index contributed by atoms with van der Waals surface area (Å²) in [7, 11) is 0. The summed E-state index contributed by atoms with van der Waals surface area (Å²) in [6.07, 6.45) is 0.958. The van der Waals surface area contributed by atoms with E-state index in [9.17, 15) is 14.4 Å². The van der Waals surface area contributed by atoms with Crippen molar-refractivity contribution >= 4 is 17.7 Å². The topological polar surface area (TPSA) is 88.2 Å². The number of piperidine rings is 1. The van der Waals surface area contributed by atoms with Gasteiger partial charge in [0, 0.05) is 29.9 Å². The van der Waals surface area contributed by atoms with Gasteiger partial charge in [0.05, 0.1) is 20.0 Å². The number of carbonyl (C=O) groups is 3. The van der Waals surface area contributed by atoms with Crippen LogP contribution in [0.25, 0.3) is 0 Å². The molecular weight excluding hydrogens is 434 g/mol. The molecule has 8 nitrogen and oxygen atoms in total. The lowest BCUT2D eigenvalue weighted by Crippen LogP contribution is -2.49. The normalized spacial score (nSPS) is 22.9. The van der Waals surface area contributed by atoms with Crippen LogP contribution in [0.5, 0.6) is 5.75 Å². The fourth-order valence-corrected chi connectivity index (χ4v) is 4.27. The second-order valence-electron chi connectivity index (χ2n) is 8.37. The highest BCUT2D eigenvalue weighted by Gasteiger charge is 2.39. The lowest BCUT2D eigenvalue weighted by atomic mass is 10.0. The van der Waals surface area contributed by atoms with E-state index in [1.165, 1.54) is 15.9 Å². The van der Waals surface area contributed by atoms with Gasteiger partial charge >= 0.3 is 0 Å². The molecule has 3 aliphatic heterocycles. The number of hydrogen-bond donors (Lipinski definition) is 1. The second-order valence-corrected chi connectivity index (χ2v) is 8.37. The predicted octanol–water partition coefficient (Wildman–Crippen LogP) is 2.37. The van der Waals surface area contributed by atoms with Crippen molar-refractivity contribution in [3.05, 3.63) is 76.9 Å². The van der Waals surface area contributed by atoms with Gasteiger partial charge in [0.25, 0.3) is 5.91 Å². The Balaban J connectivity index is 1.41. The fourth-order valence-electron chi connectivity index (χ4n) is 4.27. The number of allylic oxidation sites excluding steroid dienone is 1. The lowest BCUT2D eigenvalue weighted by Gasteiger charge is -2.31. The predicted molar refractivity (Wildman–Crippen MR) is 124 cm³/mol. The number of nitrogens with zero attached hydrogens (tertiary/aromatic N) is 2. The summed E-state index contributed by atoms with van der Waals surface area (Å²) in [5, 5.41) is 2.67. The van der Waals surface area contributed by atoms with Crippen LogP contribution in [0.1, 0.15) is 46.7 Å². The molecule has 1 N–H and O–H groups in total. The summed E-state index contributed by atoms with van der Waals surface area (Å²) >= 11 is 0. The van der Waals surface area contributed by atoms with Gasteiger partial charge in [-0.3, -0.25) is 14.4 Å². The zero-order chi connectivity index (χ0) is 28.1. The second kappa shape index (κ2) is 9.30. The molecule has 3 amide bonds. The van der Waals surface area contributed by atoms with Gasteiger partial charge < -0.3 is 24.6 Å². The molecule has 34 heavy (non-hydrogen) atoms. The van der Waals surface area contributed by atoms with Crippen molar-refractivity contribution in [2.45, 2.75) is 38.5 Å². The monoisotopic (exact) mass is 466 g/mol. The number of rotatable bonds is 6. The summed E-state index contributed by atoms with van der Waals surface area (Å²) in [5.74, 6) is -0.913. The van der Waals surface area contributed by atoms with Gasteiger partial charge in [-0.15, -0.1) is 0 Å². The highest BCUT2D eigenvalue weighted by molar-refractivity contribution is 6.02. The number of amides is 3. The Morgan fingerprint density at radius 1 is 1.21 bits per heavy atom. The third-order valence-corrected chi connectivity index (χ3v) is 6.09. The van der Waals surface area contributed by atoms with E-state index in [-0.39, 0.29) is 66.4 Å². The van der Waals surface area contributed by atoms with E-state index in [0.29, 0.717) is 42.8 Å². The van der Waals surface area contributed by atoms with Crippen molar-refractivity contribution in [3.8, 4) is 5.75 Å². The molecule has 3 heterocycles. The van der Waals surface area contributed by atoms with Crippen LogP contribution >= 0.6 is 0 Å². The highest BCUT2D eigenvalue weighted by Crippen LogP contribution is 2.34. The molecule has 1 unspecified atom stereocenters. The van der Waals surface area contributed by atoms with Crippen molar-refractivity contribution in [3.63, 3.8) is 0 Å². The van der Waals surface area contributed by atoms with Gasteiger partial charge in [-0.1, -0.05) is 36.8 Å². The number of ether oxygens (including phenoxy) is 2. The Morgan fingerprint density at radius 3 is 2.88 bits per heavy atom. The molecule has 2 fully saturated rings. The average molecular weight is 467 g/mol. The molecule has 0 saturated carbocycles. The van der Waals surface area contributed by atoms with Gasteiger partial charge in [0.2, 0.25) is 11.8 Å². The molecule has 0 aromatic heterocycles. The minimum atomic E-state index is -2.62. The van der Waals surface area contributed by atoms with Gasteiger partial charge in [0.15, 0.2) is 0 Å². The molecule has 2 aromatic carbocycles. The Kier molecular flexibility index (Phi) is 4.62. The van der Waals surface area contributed by atoms with Crippen molar-refractivity contribution in [1.82, 2.24) is 15.1 Å². The van der Waals surface area contributed by atoms with Crippen LogP contribution in [0.15, 0.2) is 54.7 Å². The van der Waals surface area contributed by atoms with Crippen LogP contribution in [0.4, 0.5) is 0 Å². The van der Waals surface area contributed by atoms with Crippen molar-refractivity contribution in [1.29, 1.82) is 0 Å². The Hall–Kier alpha value is -3.65. The smallest absolute Gasteiger partial charge is 0.255 e. The number of morpholine rings is 1. The summed E-state index contributed by atoms with van der Waals surface area (Å²) in [6, 6.07) is 4.06. The van der Waals surface area contributed by atoms with Gasteiger partial charge in [-0.25, -0.2) is 0 Å². The number of hydrogen-bond acceptors (Lipinski definition) is 5. The molecule has 2 saturated heterocycles. The van der Waals surface area contributed by atoms with Crippen molar-refractivity contribution in [2.24, 2.45) is 0 Å². The standard InChI is InChI=1S/C26H27N3O5/c1-17-5-10-22(25(31)27-17)29-14-21-20(26(29)32)3-2-4-23(21)34-15-19-8-6-18(7-9-19)13-28-11-12-33-16-24(28)30/h2-4,6-9,22H,1,5,10-16H2,(H,27,31)/i6D,7D,8D,15D2. The quantitative estimate of drug-likeness (QED) is 0.706. The minimum Gasteiger partial charge on any atom is -0.489 e. The highest BCUT2D eigenvalue weighted by atomic mass is 16.5. The molecule has 0 radical (unpaired) electrons. The first-order valence-corrected chi connectivity index (χ1v) is 11.0. The summed E-state index contributed by atoms with van der Waals surface area (Å²) in [4.78, 5) is 40.6. The molecule has 8 heteroatoms. The summed E-state index contributed by atoms with van der Waals surface area (Å²) in [5.41, 5.74) is 1.10. The zero-order valence-corrected chi connectivity index (χ0v) is 18.5. The van der Waals surface area contributed by atoms with Gasteiger partial charge in [-0.05, 0) is 36.1 Å². The molecule has 1 atom stereocenters. The van der Waals surface area contributed by atoms with Crippen LogP contribution in [-0.4, -0.2) is 53.3 Å². The van der Waals surface area contributed by atoms with Crippen LogP contribution in [0.2, 0.25) is 0 Å². The van der Waals surface area contributed by atoms with E-state index in [0.717, 1.165) is 6.07 Å². The fraction of sp³-hybridized carbons (Fsp3) is 0.346. The molecule has 0 bridgehead atoms.